The molecule has 0 bridgehead atoms. The number of nitro benzene ring substituents is 2. The number of hydrogen-bond acceptors (Lipinski definition) is 7. The van der Waals surface area contributed by atoms with E-state index < -0.39 is 21.2 Å². The molecule has 0 spiro atoms. The smallest absolute Gasteiger partial charge is 0.280 e. The number of nitro groups is 2. The first-order valence-corrected chi connectivity index (χ1v) is 11.3. The van der Waals surface area contributed by atoms with E-state index in [9.17, 15) is 25.0 Å². The number of carbonyl (C=O) groups excluding carboxylic acids is 1. The van der Waals surface area contributed by atoms with Gasteiger partial charge in [0.2, 0.25) is 5.91 Å². The fourth-order valence-electron chi connectivity index (χ4n) is 3.90. The van der Waals surface area contributed by atoms with Crippen molar-refractivity contribution in [1.29, 1.82) is 0 Å². The Bertz CT molecular complexity index is 1250. The van der Waals surface area contributed by atoms with E-state index in [-0.39, 0.29) is 11.7 Å². The van der Waals surface area contributed by atoms with Gasteiger partial charge in [0.15, 0.2) is 0 Å². The number of nitrogens with zero attached hydrogens (tertiary/aromatic N) is 4. The van der Waals surface area contributed by atoms with Crippen LogP contribution in [0.2, 0.25) is 0 Å². The zero-order valence-electron chi connectivity index (χ0n) is 19.4. The van der Waals surface area contributed by atoms with Crippen LogP contribution in [-0.4, -0.2) is 51.7 Å². The third-order valence-electron chi connectivity index (χ3n) is 5.74. The number of benzene rings is 3. The Hall–Kier alpha value is -4.57. The maximum absolute atomic E-state index is 12.7. The first-order chi connectivity index (χ1) is 17.4. The second kappa shape index (κ2) is 11.2. The predicted octanol–water partition coefficient (Wildman–Crippen LogP) is 4.65. The number of non-ortho nitro benzene ring substituents is 2. The van der Waals surface area contributed by atoms with E-state index in [0.717, 1.165) is 37.8 Å². The summed E-state index contributed by atoms with van der Waals surface area (Å²) in [6.07, 6.45) is 3.17. The predicted molar refractivity (Wildman–Crippen MR) is 134 cm³/mol. The summed E-state index contributed by atoms with van der Waals surface area (Å²) < 4.78 is 5.64. The molecular weight excluding hydrogens is 464 g/mol. The van der Waals surface area contributed by atoms with Gasteiger partial charge in [-0.15, -0.1) is 0 Å². The number of amides is 1. The molecule has 1 amide bonds. The fourth-order valence-corrected chi connectivity index (χ4v) is 3.90. The zero-order chi connectivity index (χ0) is 25.5. The highest BCUT2D eigenvalue weighted by molar-refractivity contribution is 5.91. The normalized spacial score (nSPS) is 14.1. The van der Waals surface area contributed by atoms with Crippen LogP contribution in [0.4, 0.5) is 11.4 Å². The molecule has 0 unspecified atom stereocenters. The third-order valence-corrected chi connectivity index (χ3v) is 5.74. The molecule has 10 heteroatoms. The quantitative estimate of drug-likeness (QED) is 0.257. The van der Waals surface area contributed by atoms with Crippen molar-refractivity contribution in [2.45, 2.75) is 6.54 Å². The van der Waals surface area contributed by atoms with Crippen LogP contribution in [-0.2, 0) is 11.3 Å². The molecular formula is C26H24N4O6. The van der Waals surface area contributed by atoms with E-state index in [4.69, 9.17) is 4.74 Å². The van der Waals surface area contributed by atoms with Gasteiger partial charge in [-0.2, -0.15) is 0 Å². The molecule has 36 heavy (non-hydrogen) atoms. The van der Waals surface area contributed by atoms with Gasteiger partial charge < -0.3 is 9.64 Å². The molecule has 0 N–H and O–H groups in total. The van der Waals surface area contributed by atoms with Crippen LogP contribution in [0.5, 0.6) is 11.5 Å². The Kier molecular flexibility index (Phi) is 7.66. The summed E-state index contributed by atoms with van der Waals surface area (Å²) >= 11 is 0. The van der Waals surface area contributed by atoms with Gasteiger partial charge in [-0.3, -0.25) is 29.9 Å². The fraction of sp³-hybridized carbons (Fsp3) is 0.192. The molecule has 0 aliphatic carbocycles. The van der Waals surface area contributed by atoms with Crippen molar-refractivity contribution in [3.63, 3.8) is 0 Å². The Morgan fingerprint density at radius 3 is 2.14 bits per heavy atom. The average molecular weight is 489 g/mol. The van der Waals surface area contributed by atoms with Crippen LogP contribution in [0.3, 0.4) is 0 Å². The lowest BCUT2D eigenvalue weighted by Gasteiger charge is -2.34. The lowest BCUT2D eigenvalue weighted by Crippen LogP contribution is -2.47. The molecule has 1 aliphatic heterocycles. The molecule has 0 radical (unpaired) electrons. The number of rotatable bonds is 8. The Labute approximate surface area is 207 Å². The Morgan fingerprint density at radius 2 is 1.50 bits per heavy atom. The van der Waals surface area contributed by atoms with E-state index in [2.05, 4.69) is 17.0 Å². The molecule has 3 aromatic rings. The van der Waals surface area contributed by atoms with Crippen molar-refractivity contribution in [3.05, 3.63) is 110 Å². The first kappa shape index (κ1) is 24.6. The second-order valence-electron chi connectivity index (χ2n) is 8.29. The standard InChI is InChI=1S/C26H24N4O6/c31-26(28-13-11-27(12-14-28)19-21-5-2-1-3-6-21)10-9-20-7-4-8-24(15-20)36-25-17-22(29(32)33)16-23(18-25)30(34)35/h1-10,15-18H,11-14,19H2. The molecule has 1 aliphatic rings. The van der Waals surface area contributed by atoms with Gasteiger partial charge >= 0.3 is 0 Å². The van der Waals surface area contributed by atoms with E-state index >= 15 is 0 Å². The molecule has 1 fully saturated rings. The number of carbonyl (C=O) groups is 1. The summed E-state index contributed by atoms with van der Waals surface area (Å²) in [5.74, 6) is 0.213. The molecule has 0 saturated carbocycles. The van der Waals surface area contributed by atoms with E-state index in [0.29, 0.717) is 24.4 Å². The van der Waals surface area contributed by atoms with Gasteiger partial charge in [0.05, 0.1) is 28.0 Å². The average Bonchev–Trinajstić information content (AvgIpc) is 2.88. The molecule has 10 nitrogen and oxygen atoms in total. The molecule has 184 valence electrons. The molecule has 1 saturated heterocycles. The summed E-state index contributed by atoms with van der Waals surface area (Å²) in [6.45, 7) is 3.75. The lowest BCUT2D eigenvalue weighted by atomic mass is 10.2. The zero-order valence-corrected chi connectivity index (χ0v) is 19.4. The van der Waals surface area contributed by atoms with Crippen molar-refractivity contribution >= 4 is 23.4 Å². The third kappa shape index (κ3) is 6.51. The Balaban J connectivity index is 1.36. The molecule has 3 aromatic carbocycles. The minimum Gasteiger partial charge on any atom is -0.457 e. The molecule has 1 heterocycles. The van der Waals surface area contributed by atoms with Gasteiger partial charge in [-0.25, -0.2) is 0 Å². The van der Waals surface area contributed by atoms with Crippen molar-refractivity contribution < 1.29 is 19.4 Å². The highest BCUT2D eigenvalue weighted by Gasteiger charge is 2.20. The van der Waals surface area contributed by atoms with E-state index in [1.165, 1.54) is 11.6 Å². The molecule has 4 rings (SSSR count). The Morgan fingerprint density at radius 1 is 0.833 bits per heavy atom. The van der Waals surface area contributed by atoms with Crippen molar-refractivity contribution in [2.24, 2.45) is 0 Å². The first-order valence-electron chi connectivity index (χ1n) is 11.3. The minimum absolute atomic E-state index is 0.0264. The summed E-state index contributed by atoms with van der Waals surface area (Å²) in [7, 11) is 0. The van der Waals surface area contributed by atoms with Crippen LogP contribution >= 0.6 is 0 Å². The van der Waals surface area contributed by atoms with Gasteiger partial charge in [0.25, 0.3) is 11.4 Å². The monoisotopic (exact) mass is 488 g/mol. The van der Waals surface area contributed by atoms with Crippen LogP contribution in [0.15, 0.2) is 78.9 Å². The van der Waals surface area contributed by atoms with Crippen LogP contribution in [0, 0.1) is 20.2 Å². The lowest BCUT2D eigenvalue weighted by molar-refractivity contribution is -0.394. The highest BCUT2D eigenvalue weighted by Crippen LogP contribution is 2.31. The van der Waals surface area contributed by atoms with Gasteiger partial charge in [-0.1, -0.05) is 42.5 Å². The SMILES string of the molecule is O=C(C=Cc1cccc(Oc2cc([N+](=O)[O-])cc([N+](=O)[O-])c2)c1)N1CCN(Cc2ccccc2)CC1. The summed E-state index contributed by atoms with van der Waals surface area (Å²) in [6, 6.07) is 20.1. The van der Waals surface area contributed by atoms with Crippen LogP contribution in [0.1, 0.15) is 11.1 Å². The topological polar surface area (TPSA) is 119 Å². The van der Waals surface area contributed by atoms with Crippen LogP contribution < -0.4 is 4.74 Å². The highest BCUT2D eigenvalue weighted by atomic mass is 16.6. The van der Waals surface area contributed by atoms with Crippen molar-refractivity contribution in [1.82, 2.24) is 9.80 Å². The number of piperazine rings is 1. The molecule has 0 atom stereocenters. The minimum atomic E-state index is -0.716. The molecule has 0 aromatic heterocycles. The van der Waals surface area contributed by atoms with Gasteiger partial charge in [0, 0.05) is 38.8 Å². The number of ether oxygens (including phenoxy) is 1. The van der Waals surface area contributed by atoms with E-state index in [1.807, 2.05) is 18.2 Å². The second-order valence-corrected chi connectivity index (χ2v) is 8.29. The summed E-state index contributed by atoms with van der Waals surface area (Å²) in [5, 5.41) is 22.2. The number of hydrogen-bond donors (Lipinski definition) is 0. The summed E-state index contributed by atoms with van der Waals surface area (Å²) in [5.41, 5.74) is 1.05. The summed E-state index contributed by atoms with van der Waals surface area (Å²) in [4.78, 5) is 37.6. The van der Waals surface area contributed by atoms with Crippen molar-refractivity contribution in [3.8, 4) is 11.5 Å². The van der Waals surface area contributed by atoms with Gasteiger partial charge in [0.1, 0.15) is 11.5 Å². The van der Waals surface area contributed by atoms with Gasteiger partial charge in [-0.05, 0) is 29.3 Å². The van der Waals surface area contributed by atoms with Crippen LogP contribution in [0.25, 0.3) is 6.08 Å². The maximum atomic E-state index is 12.7. The maximum Gasteiger partial charge on any atom is 0.280 e. The van der Waals surface area contributed by atoms with Crippen molar-refractivity contribution in [2.75, 3.05) is 26.2 Å². The largest absolute Gasteiger partial charge is 0.457 e. The van der Waals surface area contributed by atoms with E-state index in [1.54, 1.807) is 35.2 Å².